The number of carbonyl (C=O) groups excluding carboxylic acids is 1. The van der Waals surface area contributed by atoms with E-state index in [1.807, 2.05) is 19.1 Å². The molecule has 1 heterocycles. The molecule has 1 aromatic carbocycles. The highest BCUT2D eigenvalue weighted by molar-refractivity contribution is 6.36. The molecule has 0 saturated carbocycles. The van der Waals surface area contributed by atoms with Crippen LogP contribution in [0.2, 0.25) is 5.02 Å². The number of hydrazine groups is 1. The lowest BCUT2D eigenvalue weighted by molar-refractivity contribution is 0.0965. The number of nitrogens with zero attached hydrogens (tertiary/aromatic N) is 4. The van der Waals surface area contributed by atoms with E-state index in [2.05, 4.69) is 15.5 Å². The number of hydrogen-bond acceptors (Lipinski definition) is 6. The van der Waals surface area contributed by atoms with Crippen LogP contribution in [0.25, 0.3) is 11.1 Å². The van der Waals surface area contributed by atoms with Gasteiger partial charge in [0.1, 0.15) is 0 Å². The second-order valence-corrected chi connectivity index (χ2v) is 5.73. The first-order valence-electron chi connectivity index (χ1n) is 7.17. The van der Waals surface area contributed by atoms with Crippen LogP contribution in [0.3, 0.4) is 0 Å². The van der Waals surface area contributed by atoms with Crippen LogP contribution in [0.15, 0.2) is 34.2 Å². The van der Waals surface area contributed by atoms with Crippen molar-refractivity contribution in [3.63, 3.8) is 0 Å². The molecule has 0 atom stereocenters. The Balaban J connectivity index is 2.56. The van der Waals surface area contributed by atoms with Crippen molar-refractivity contribution in [2.75, 3.05) is 7.05 Å². The Labute approximate surface area is 148 Å². The summed E-state index contributed by atoms with van der Waals surface area (Å²) in [6.45, 7) is 1.92. The Morgan fingerprint density at radius 3 is 2.48 bits per heavy atom. The predicted molar refractivity (Wildman–Crippen MR) is 95.7 cm³/mol. The van der Waals surface area contributed by atoms with Gasteiger partial charge in [-0.25, -0.2) is 10.5 Å². The third kappa shape index (κ3) is 3.78. The molecule has 0 bridgehead atoms. The Hall–Kier alpha value is -2.91. The predicted octanol–water partition coefficient (Wildman–Crippen LogP) is 0.174. The zero-order valence-corrected chi connectivity index (χ0v) is 14.7. The summed E-state index contributed by atoms with van der Waals surface area (Å²) in [6, 6.07) is 7.18. The number of amides is 1. The summed E-state index contributed by atoms with van der Waals surface area (Å²) in [5.41, 5.74) is 1.21. The van der Waals surface area contributed by atoms with Crippen molar-refractivity contribution in [2.45, 2.75) is 6.92 Å². The van der Waals surface area contributed by atoms with Gasteiger partial charge in [-0.2, -0.15) is 5.10 Å². The Morgan fingerprint density at radius 2 is 1.96 bits per heavy atom. The summed E-state index contributed by atoms with van der Waals surface area (Å²) in [6.07, 6.45) is 0. The molecular weight excluding hydrogens is 346 g/mol. The second-order valence-electron chi connectivity index (χ2n) is 5.35. The van der Waals surface area contributed by atoms with E-state index >= 15 is 0 Å². The van der Waals surface area contributed by atoms with Crippen LogP contribution in [0, 0.1) is 6.92 Å². The third-order valence-corrected chi connectivity index (χ3v) is 3.79. The quantitative estimate of drug-likeness (QED) is 0.302. The van der Waals surface area contributed by atoms with E-state index in [9.17, 15) is 9.59 Å². The summed E-state index contributed by atoms with van der Waals surface area (Å²) in [4.78, 5) is 24.9. The summed E-state index contributed by atoms with van der Waals surface area (Å²) in [5, 5.41) is 10.6. The first kappa shape index (κ1) is 18.4. The van der Waals surface area contributed by atoms with Crippen molar-refractivity contribution < 1.29 is 4.79 Å². The fraction of sp³-hybridized carbons (Fsp3) is 0.200. The van der Waals surface area contributed by atoms with Gasteiger partial charge >= 0.3 is 0 Å². The Kier molecular flexibility index (Phi) is 5.40. The topological polar surface area (TPSA) is 132 Å². The highest BCUT2D eigenvalue weighted by Gasteiger charge is 2.22. The van der Waals surface area contributed by atoms with Gasteiger partial charge in [-0.15, -0.1) is 5.10 Å². The SMILES string of the molecule is Cc1ccc(-c2c(Cl)c(C(=O)N/C(=N/N)N(C)N)nn(C)c2=O)cc1. The van der Waals surface area contributed by atoms with Crippen LogP contribution in [0.5, 0.6) is 0 Å². The molecule has 0 aliphatic carbocycles. The number of aryl methyl sites for hydroxylation is 2. The van der Waals surface area contributed by atoms with Crippen LogP contribution >= 0.6 is 11.6 Å². The summed E-state index contributed by atoms with van der Waals surface area (Å²) >= 11 is 6.31. The van der Waals surface area contributed by atoms with E-state index in [4.69, 9.17) is 23.3 Å². The standard InChI is InChI=1S/C15H18ClN7O2/c1-8-4-6-9(7-5-8)10-11(16)12(21-23(3)14(10)25)13(24)19-15(20-17)22(2)18/h4-7H,17-18H2,1-3H3,(H,19,20,24). The van der Waals surface area contributed by atoms with Gasteiger partial charge in [-0.1, -0.05) is 41.4 Å². The number of carbonyl (C=O) groups is 1. The van der Waals surface area contributed by atoms with Gasteiger partial charge in [0.15, 0.2) is 5.69 Å². The fourth-order valence-electron chi connectivity index (χ4n) is 2.10. The van der Waals surface area contributed by atoms with Crippen LogP contribution < -0.4 is 22.6 Å². The highest BCUT2D eigenvalue weighted by Crippen LogP contribution is 2.26. The lowest BCUT2D eigenvalue weighted by Crippen LogP contribution is -2.46. The largest absolute Gasteiger partial charge is 0.320 e. The first-order valence-corrected chi connectivity index (χ1v) is 7.55. The number of guanidine groups is 1. The fourth-order valence-corrected chi connectivity index (χ4v) is 2.41. The maximum absolute atomic E-state index is 12.4. The monoisotopic (exact) mass is 363 g/mol. The van der Waals surface area contributed by atoms with Crippen molar-refractivity contribution in [2.24, 2.45) is 23.8 Å². The van der Waals surface area contributed by atoms with Gasteiger partial charge in [-0.3, -0.25) is 19.9 Å². The lowest BCUT2D eigenvalue weighted by Gasteiger charge is -2.16. The van der Waals surface area contributed by atoms with Crippen molar-refractivity contribution in [3.05, 3.63) is 50.9 Å². The maximum Gasteiger partial charge on any atom is 0.280 e. The zero-order chi connectivity index (χ0) is 18.7. The molecule has 0 radical (unpaired) electrons. The van der Waals surface area contributed by atoms with Gasteiger partial charge in [0.25, 0.3) is 11.5 Å². The molecule has 132 valence electrons. The average Bonchev–Trinajstić information content (AvgIpc) is 2.57. The molecule has 2 rings (SSSR count). The van der Waals surface area contributed by atoms with Gasteiger partial charge in [0.05, 0.1) is 10.6 Å². The molecule has 1 aromatic heterocycles. The van der Waals surface area contributed by atoms with E-state index in [-0.39, 0.29) is 22.2 Å². The molecule has 0 fully saturated rings. The van der Waals surface area contributed by atoms with Crippen molar-refractivity contribution in [3.8, 4) is 11.1 Å². The number of hydrazone groups is 1. The molecule has 0 aliphatic rings. The number of hydrogen-bond donors (Lipinski definition) is 3. The lowest BCUT2D eigenvalue weighted by atomic mass is 10.1. The number of halogens is 1. The van der Waals surface area contributed by atoms with Crippen molar-refractivity contribution in [1.29, 1.82) is 0 Å². The van der Waals surface area contributed by atoms with E-state index in [1.165, 1.54) is 14.1 Å². The van der Waals surface area contributed by atoms with Crippen LogP contribution in [0.4, 0.5) is 0 Å². The number of aromatic nitrogens is 2. The number of nitrogens with two attached hydrogens (primary N) is 2. The maximum atomic E-state index is 12.4. The second kappa shape index (κ2) is 7.32. The molecule has 9 nitrogen and oxygen atoms in total. The molecule has 25 heavy (non-hydrogen) atoms. The minimum Gasteiger partial charge on any atom is -0.320 e. The number of nitrogens with one attached hydrogen (secondary N) is 1. The molecule has 2 aromatic rings. The van der Waals surface area contributed by atoms with Gasteiger partial charge in [-0.05, 0) is 12.5 Å². The summed E-state index contributed by atoms with van der Waals surface area (Å²) in [5.74, 6) is 9.88. The van der Waals surface area contributed by atoms with Crippen molar-refractivity contribution >= 4 is 23.5 Å². The van der Waals surface area contributed by atoms with E-state index < -0.39 is 11.5 Å². The first-order chi connectivity index (χ1) is 11.8. The minimum absolute atomic E-state index is 0.0690. The smallest absolute Gasteiger partial charge is 0.280 e. The van der Waals surface area contributed by atoms with Crippen molar-refractivity contribution in [1.82, 2.24) is 20.1 Å². The molecule has 0 aliphatic heterocycles. The number of benzene rings is 1. The molecule has 0 spiro atoms. The summed E-state index contributed by atoms with van der Waals surface area (Å²) in [7, 11) is 2.87. The molecule has 0 unspecified atom stereocenters. The molecule has 0 saturated heterocycles. The van der Waals surface area contributed by atoms with Gasteiger partial charge < -0.3 is 5.84 Å². The summed E-state index contributed by atoms with van der Waals surface area (Å²) < 4.78 is 1.04. The van der Waals surface area contributed by atoms with E-state index in [0.717, 1.165) is 15.3 Å². The molecule has 10 heteroatoms. The van der Waals surface area contributed by atoms with Crippen LogP contribution in [-0.2, 0) is 7.05 Å². The van der Waals surface area contributed by atoms with E-state index in [1.54, 1.807) is 12.1 Å². The highest BCUT2D eigenvalue weighted by atomic mass is 35.5. The van der Waals surface area contributed by atoms with E-state index in [0.29, 0.717) is 5.56 Å². The Morgan fingerprint density at radius 1 is 1.36 bits per heavy atom. The molecular formula is C15H18ClN7O2. The number of rotatable bonds is 2. The molecule has 1 amide bonds. The third-order valence-electron chi connectivity index (χ3n) is 3.42. The zero-order valence-electron chi connectivity index (χ0n) is 13.9. The molecule has 5 N–H and O–H groups in total. The van der Waals surface area contributed by atoms with Gasteiger partial charge in [0.2, 0.25) is 5.96 Å². The van der Waals surface area contributed by atoms with Crippen LogP contribution in [0.1, 0.15) is 16.1 Å². The van der Waals surface area contributed by atoms with Crippen LogP contribution in [-0.4, -0.2) is 33.7 Å². The average molecular weight is 364 g/mol. The Bertz CT molecular complexity index is 888. The minimum atomic E-state index is -0.699. The normalized spacial score (nSPS) is 11.3. The van der Waals surface area contributed by atoms with Gasteiger partial charge in [0, 0.05) is 14.1 Å².